The molecule has 0 saturated carbocycles. The van der Waals surface area contributed by atoms with E-state index in [4.69, 9.17) is 0 Å². The molecule has 18 heavy (non-hydrogen) atoms. The van der Waals surface area contributed by atoms with Gasteiger partial charge >= 0.3 is 0 Å². The first-order valence-corrected chi connectivity index (χ1v) is 6.41. The molecule has 1 aromatic rings. The molecule has 0 bridgehead atoms. The number of nitrogens with zero attached hydrogens (tertiary/aromatic N) is 1. The Kier molecular flexibility index (Phi) is 5.28. The molecular weight excluding hydrogens is 228 g/mol. The summed E-state index contributed by atoms with van der Waals surface area (Å²) >= 11 is 0. The van der Waals surface area contributed by atoms with Gasteiger partial charge in [0.2, 0.25) is 0 Å². The fourth-order valence-corrected chi connectivity index (χ4v) is 2.31. The third-order valence-corrected chi connectivity index (χ3v) is 2.96. The molecule has 1 rings (SSSR count). The van der Waals surface area contributed by atoms with Crippen LogP contribution in [0.25, 0.3) is 0 Å². The van der Waals surface area contributed by atoms with Gasteiger partial charge in [0.15, 0.2) is 0 Å². The predicted octanol–water partition coefficient (Wildman–Crippen LogP) is 3.68. The smallest absolute Gasteiger partial charge is 0.274 e. The lowest BCUT2D eigenvalue weighted by Gasteiger charge is -2.21. The summed E-state index contributed by atoms with van der Waals surface area (Å²) < 4.78 is 0. The van der Waals surface area contributed by atoms with Gasteiger partial charge in [-0.3, -0.25) is 10.1 Å². The topological polar surface area (TPSA) is 55.2 Å². The second kappa shape index (κ2) is 6.50. The van der Waals surface area contributed by atoms with E-state index in [0.717, 1.165) is 12.0 Å². The molecule has 0 aliphatic heterocycles. The molecule has 4 heteroatoms. The number of hydrogen-bond acceptors (Lipinski definition) is 3. The highest BCUT2D eigenvalue weighted by Gasteiger charge is 2.19. The Labute approximate surface area is 109 Å². The molecule has 1 aromatic carbocycles. The third-order valence-electron chi connectivity index (χ3n) is 2.96. The first kappa shape index (κ1) is 14.6. The van der Waals surface area contributed by atoms with Gasteiger partial charge in [-0.25, -0.2) is 0 Å². The van der Waals surface area contributed by atoms with E-state index in [9.17, 15) is 10.1 Å². The summed E-state index contributed by atoms with van der Waals surface area (Å²) in [6.07, 6.45) is 1.06. The largest absolute Gasteiger partial charge is 0.307 e. The second-order valence-corrected chi connectivity index (χ2v) is 5.23. The van der Waals surface area contributed by atoms with E-state index in [1.165, 1.54) is 0 Å². The summed E-state index contributed by atoms with van der Waals surface area (Å²) in [7, 11) is 0. The average molecular weight is 250 g/mol. The van der Waals surface area contributed by atoms with Gasteiger partial charge in [0.05, 0.1) is 4.92 Å². The summed E-state index contributed by atoms with van der Waals surface area (Å²) in [6.45, 7) is 8.44. The van der Waals surface area contributed by atoms with Crippen LogP contribution in [0.4, 0.5) is 5.69 Å². The molecule has 2 atom stereocenters. The van der Waals surface area contributed by atoms with Gasteiger partial charge in [0.1, 0.15) is 0 Å². The number of nitro benzene ring substituents is 1. The standard InChI is InChI=1S/C14H22N2O2/c1-10(2)9-11(3)15-12(4)13-7-5-6-8-14(13)16(17)18/h5-8,10-12,15H,9H2,1-4H3. The van der Waals surface area contributed by atoms with Crippen LogP contribution in [0, 0.1) is 16.0 Å². The molecule has 0 spiro atoms. The lowest BCUT2D eigenvalue weighted by Crippen LogP contribution is -2.30. The zero-order valence-electron chi connectivity index (χ0n) is 11.5. The van der Waals surface area contributed by atoms with Crippen molar-refractivity contribution in [2.45, 2.75) is 46.2 Å². The van der Waals surface area contributed by atoms with Gasteiger partial charge in [0, 0.05) is 23.7 Å². The van der Waals surface area contributed by atoms with Crippen molar-refractivity contribution in [3.05, 3.63) is 39.9 Å². The maximum atomic E-state index is 11.0. The van der Waals surface area contributed by atoms with Crippen molar-refractivity contribution in [2.75, 3.05) is 0 Å². The predicted molar refractivity (Wildman–Crippen MR) is 73.6 cm³/mol. The number of nitrogens with one attached hydrogen (secondary N) is 1. The maximum absolute atomic E-state index is 11.0. The van der Waals surface area contributed by atoms with Crippen LogP contribution >= 0.6 is 0 Å². The Morgan fingerprint density at radius 3 is 2.39 bits per heavy atom. The monoisotopic (exact) mass is 250 g/mol. The fourth-order valence-electron chi connectivity index (χ4n) is 2.31. The Morgan fingerprint density at radius 2 is 1.83 bits per heavy atom. The quantitative estimate of drug-likeness (QED) is 0.619. The molecule has 100 valence electrons. The minimum atomic E-state index is -0.319. The number of benzene rings is 1. The Bertz CT molecular complexity index is 405. The van der Waals surface area contributed by atoms with E-state index in [-0.39, 0.29) is 16.7 Å². The molecule has 0 fully saturated rings. The Hall–Kier alpha value is -1.42. The van der Waals surface area contributed by atoms with Crippen molar-refractivity contribution in [2.24, 2.45) is 5.92 Å². The summed E-state index contributed by atoms with van der Waals surface area (Å²) in [6, 6.07) is 7.25. The summed E-state index contributed by atoms with van der Waals surface area (Å²) in [5, 5.41) is 14.4. The third kappa shape index (κ3) is 4.11. The zero-order chi connectivity index (χ0) is 13.7. The van der Waals surface area contributed by atoms with Crippen LogP contribution in [0.5, 0.6) is 0 Å². The van der Waals surface area contributed by atoms with E-state index in [2.05, 4.69) is 26.1 Å². The van der Waals surface area contributed by atoms with Crippen LogP contribution in [-0.2, 0) is 0 Å². The molecule has 4 nitrogen and oxygen atoms in total. The van der Waals surface area contributed by atoms with Gasteiger partial charge in [-0.1, -0.05) is 32.0 Å². The molecule has 0 aliphatic carbocycles. The van der Waals surface area contributed by atoms with Crippen molar-refractivity contribution < 1.29 is 4.92 Å². The lowest BCUT2D eigenvalue weighted by molar-refractivity contribution is -0.385. The average Bonchev–Trinajstić information content (AvgIpc) is 2.27. The van der Waals surface area contributed by atoms with Crippen LogP contribution in [0.15, 0.2) is 24.3 Å². The van der Waals surface area contributed by atoms with Crippen molar-refractivity contribution in [1.29, 1.82) is 0 Å². The van der Waals surface area contributed by atoms with Crippen molar-refractivity contribution in [1.82, 2.24) is 5.32 Å². The molecule has 0 aromatic heterocycles. The van der Waals surface area contributed by atoms with Gasteiger partial charge in [-0.2, -0.15) is 0 Å². The molecular formula is C14H22N2O2. The zero-order valence-corrected chi connectivity index (χ0v) is 11.5. The van der Waals surface area contributed by atoms with Crippen molar-refractivity contribution in [3.63, 3.8) is 0 Å². The van der Waals surface area contributed by atoms with Crippen LogP contribution in [0.2, 0.25) is 0 Å². The number of hydrogen-bond donors (Lipinski definition) is 1. The maximum Gasteiger partial charge on any atom is 0.274 e. The van der Waals surface area contributed by atoms with Crippen molar-refractivity contribution >= 4 is 5.69 Å². The minimum absolute atomic E-state index is 0.0136. The highest BCUT2D eigenvalue weighted by molar-refractivity contribution is 5.41. The van der Waals surface area contributed by atoms with Crippen LogP contribution in [-0.4, -0.2) is 11.0 Å². The SMILES string of the molecule is CC(C)CC(C)NC(C)c1ccccc1[N+](=O)[O-]. The van der Waals surface area contributed by atoms with E-state index in [1.807, 2.05) is 19.1 Å². The van der Waals surface area contributed by atoms with Crippen LogP contribution in [0.1, 0.15) is 45.7 Å². The van der Waals surface area contributed by atoms with Gasteiger partial charge in [-0.05, 0) is 26.2 Å². The van der Waals surface area contributed by atoms with Crippen molar-refractivity contribution in [3.8, 4) is 0 Å². The highest BCUT2D eigenvalue weighted by Crippen LogP contribution is 2.25. The van der Waals surface area contributed by atoms with Gasteiger partial charge < -0.3 is 5.32 Å². The van der Waals surface area contributed by atoms with E-state index in [0.29, 0.717) is 12.0 Å². The fraction of sp³-hybridized carbons (Fsp3) is 0.571. The summed E-state index contributed by atoms with van der Waals surface area (Å²) in [5.41, 5.74) is 0.937. The minimum Gasteiger partial charge on any atom is -0.307 e. The van der Waals surface area contributed by atoms with E-state index < -0.39 is 0 Å². The van der Waals surface area contributed by atoms with E-state index in [1.54, 1.807) is 12.1 Å². The second-order valence-electron chi connectivity index (χ2n) is 5.23. The lowest BCUT2D eigenvalue weighted by atomic mass is 10.0. The molecule has 0 saturated heterocycles. The number of rotatable bonds is 6. The summed E-state index contributed by atoms with van der Waals surface area (Å²) in [4.78, 5) is 10.6. The number of para-hydroxylation sites is 1. The molecule has 2 unspecified atom stereocenters. The van der Waals surface area contributed by atoms with Gasteiger partial charge in [0.25, 0.3) is 5.69 Å². The molecule has 0 aliphatic rings. The van der Waals surface area contributed by atoms with Crippen LogP contribution in [0.3, 0.4) is 0 Å². The molecule has 0 heterocycles. The molecule has 0 amide bonds. The Morgan fingerprint density at radius 1 is 1.22 bits per heavy atom. The first-order valence-electron chi connectivity index (χ1n) is 6.41. The summed E-state index contributed by atoms with van der Waals surface area (Å²) in [5.74, 6) is 0.616. The molecule has 1 N–H and O–H groups in total. The first-order chi connectivity index (χ1) is 8.41. The number of nitro groups is 1. The van der Waals surface area contributed by atoms with Gasteiger partial charge in [-0.15, -0.1) is 0 Å². The van der Waals surface area contributed by atoms with E-state index >= 15 is 0 Å². The molecule has 0 radical (unpaired) electrons. The normalized spacial score (nSPS) is 14.5. The van der Waals surface area contributed by atoms with Crippen LogP contribution < -0.4 is 5.32 Å². The highest BCUT2D eigenvalue weighted by atomic mass is 16.6. The Balaban J connectivity index is 2.78.